The van der Waals surface area contributed by atoms with Crippen molar-refractivity contribution in [2.45, 2.75) is 49.9 Å². The minimum atomic E-state index is -0.994. The van der Waals surface area contributed by atoms with Crippen LogP contribution in [0.4, 0.5) is 5.69 Å². The Morgan fingerprint density at radius 1 is 1.22 bits per heavy atom. The molecule has 3 amide bonds. The lowest BCUT2D eigenvalue weighted by Crippen LogP contribution is -2.53. The Bertz CT molecular complexity index is 875. The van der Waals surface area contributed by atoms with Crippen molar-refractivity contribution >= 4 is 23.4 Å². The number of nitrogens with one attached hydrogen (secondary N) is 2. The first-order chi connectivity index (χ1) is 15.5. The van der Waals surface area contributed by atoms with E-state index in [-0.39, 0.29) is 30.4 Å². The van der Waals surface area contributed by atoms with Gasteiger partial charge in [0.2, 0.25) is 17.7 Å². The van der Waals surface area contributed by atoms with E-state index in [4.69, 9.17) is 14.6 Å². The lowest BCUT2D eigenvalue weighted by Gasteiger charge is -2.33. The largest absolute Gasteiger partial charge is 0.497 e. The van der Waals surface area contributed by atoms with Gasteiger partial charge in [-0.1, -0.05) is 0 Å². The van der Waals surface area contributed by atoms with Gasteiger partial charge < -0.3 is 30.1 Å². The number of aliphatic hydroxyl groups excluding tert-OH is 1. The van der Waals surface area contributed by atoms with Crippen LogP contribution in [0.1, 0.15) is 32.1 Å². The normalized spacial score (nSPS) is 30.3. The molecule has 32 heavy (non-hydrogen) atoms. The van der Waals surface area contributed by atoms with Crippen LogP contribution in [0, 0.1) is 11.8 Å². The minimum Gasteiger partial charge on any atom is -0.497 e. The SMILES string of the molecule is CNC(=O)[C@@H]1[C@@H]2CCC3(O2)C(C(=O)Nc2ccc(OC)cc2)N(CCCCCO)C(=O)[C@H]13. The molecule has 0 radical (unpaired) electrons. The summed E-state index contributed by atoms with van der Waals surface area (Å²) in [6.45, 7) is 0.470. The van der Waals surface area contributed by atoms with Crippen molar-refractivity contribution in [3.63, 3.8) is 0 Å². The molecule has 3 N–H and O–H groups in total. The smallest absolute Gasteiger partial charge is 0.250 e. The molecule has 174 valence electrons. The van der Waals surface area contributed by atoms with Gasteiger partial charge in [0.1, 0.15) is 17.4 Å². The zero-order valence-electron chi connectivity index (χ0n) is 18.5. The summed E-state index contributed by atoms with van der Waals surface area (Å²) in [6, 6.07) is 6.18. The second-order valence-corrected chi connectivity index (χ2v) is 8.70. The molecule has 4 rings (SSSR count). The minimum absolute atomic E-state index is 0.0887. The summed E-state index contributed by atoms with van der Waals surface area (Å²) in [4.78, 5) is 41.3. The molecular formula is C23H31N3O6. The number of fused-ring (bicyclic) bond motifs is 1. The van der Waals surface area contributed by atoms with Gasteiger partial charge in [-0.2, -0.15) is 0 Å². The number of likely N-dealkylation sites (tertiary alicyclic amines) is 1. The molecule has 3 fully saturated rings. The summed E-state index contributed by atoms with van der Waals surface area (Å²) in [5.41, 5.74) is -0.398. The molecule has 0 aliphatic carbocycles. The number of ether oxygens (including phenoxy) is 2. The third kappa shape index (κ3) is 3.63. The fourth-order valence-corrected chi connectivity index (χ4v) is 5.62. The number of unbranched alkanes of at least 4 members (excludes halogenated alkanes) is 2. The molecule has 3 saturated heterocycles. The molecule has 9 heteroatoms. The van der Waals surface area contributed by atoms with E-state index < -0.39 is 23.5 Å². The highest BCUT2D eigenvalue weighted by Crippen LogP contribution is 2.58. The molecule has 1 aromatic rings. The number of aliphatic hydroxyl groups is 1. The van der Waals surface area contributed by atoms with E-state index in [2.05, 4.69) is 10.6 Å². The van der Waals surface area contributed by atoms with Crippen LogP contribution in [0.2, 0.25) is 0 Å². The quantitative estimate of drug-likeness (QED) is 0.487. The van der Waals surface area contributed by atoms with E-state index in [1.165, 1.54) is 0 Å². The van der Waals surface area contributed by atoms with E-state index in [0.29, 0.717) is 43.7 Å². The number of amides is 3. The number of methoxy groups -OCH3 is 1. The van der Waals surface area contributed by atoms with Gasteiger partial charge in [0.05, 0.1) is 25.0 Å². The van der Waals surface area contributed by atoms with Gasteiger partial charge in [-0.3, -0.25) is 14.4 Å². The Morgan fingerprint density at radius 3 is 2.62 bits per heavy atom. The van der Waals surface area contributed by atoms with Gasteiger partial charge in [-0.15, -0.1) is 0 Å². The van der Waals surface area contributed by atoms with E-state index in [1.54, 1.807) is 43.3 Å². The number of rotatable bonds is 9. The van der Waals surface area contributed by atoms with Crippen LogP contribution in [0.3, 0.4) is 0 Å². The molecule has 5 atom stereocenters. The number of carbonyl (C=O) groups excluding carboxylic acids is 3. The molecule has 2 unspecified atom stereocenters. The van der Waals surface area contributed by atoms with E-state index in [0.717, 1.165) is 6.42 Å². The van der Waals surface area contributed by atoms with Crippen LogP contribution >= 0.6 is 0 Å². The fourth-order valence-electron chi connectivity index (χ4n) is 5.62. The fraction of sp³-hybridized carbons (Fsp3) is 0.609. The van der Waals surface area contributed by atoms with Gasteiger partial charge >= 0.3 is 0 Å². The first-order valence-corrected chi connectivity index (χ1v) is 11.2. The summed E-state index contributed by atoms with van der Waals surface area (Å²) < 4.78 is 11.5. The van der Waals surface area contributed by atoms with Crippen molar-refractivity contribution in [2.24, 2.45) is 11.8 Å². The molecule has 9 nitrogen and oxygen atoms in total. The van der Waals surface area contributed by atoms with E-state index in [9.17, 15) is 14.4 Å². The highest BCUT2D eigenvalue weighted by Gasteiger charge is 2.74. The lowest BCUT2D eigenvalue weighted by atomic mass is 9.70. The molecule has 2 bridgehead atoms. The van der Waals surface area contributed by atoms with Gasteiger partial charge in [0.25, 0.3) is 0 Å². The molecule has 1 spiro atoms. The molecule has 3 aliphatic heterocycles. The average Bonchev–Trinajstić information content (AvgIpc) is 3.44. The zero-order chi connectivity index (χ0) is 22.9. The van der Waals surface area contributed by atoms with Crippen LogP contribution in [0.5, 0.6) is 5.75 Å². The van der Waals surface area contributed by atoms with Crippen molar-refractivity contribution in [1.29, 1.82) is 0 Å². The van der Waals surface area contributed by atoms with Crippen LogP contribution in [-0.2, 0) is 19.1 Å². The second-order valence-electron chi connectivity index (χ2n) is 8.70. The van der Waals surface area contributed by atoms with Crippen molar-refractivity contribution in [3.05, 3.63) is 24.3 Å². The maximum Gasteiger partial charge on any atom is 0.250 e. The van der Waals surface area contributed by atoms with Crippen molar-refractivity contribution in [2.75, 3.05) is 32.6 Å². The molecule has 0 aromatic heterocycles. The van der Waals surface area contributed by atoms with Crippen LogP contribution in [-0.4, -0.2) is 72.8 Å². The molecule has 3 heterocycles. The third-order valence-electron chi connectivity index (χ3n) is 7.01. The average molecular weight is 446 g/mol. The van der Waals surface area contributed by atoms with Crippen LogP contribution in [0.15, 0.2) is 24.3 Å². The number of nitrogens with zero attached hydrogens (tertiary/aromatic N) is 1. The highest BCUT2D eigenvalue weighted by molar-refractivity contribution is 6.03. The predicted molar refractivity (Wildman–Crippen MR) is 116 cm³/mol. The Morgan fingerprint density at radius 2 is 1.97 bits per heavy atom. The number of carbonyl (C=O) groups is 3. The van der Waals surface area contributed by atoms with Crippen molar-refractivity contribution < 1.29 is 29.0 Å². The third-order valence-corrected chi connectivity index (χ3v) is 7.01. The molecule has 0 saturated carbocycles. The van der Waals surface area contributed by atoms with E-state index >= 15 is 0 Å². The summed E-state index contributed by atoms with van der Waals surface area (Å²) in [7, 11) is 3.13. The number of anilines is 1. The maximum absolute atomic E-state index is 13.5. The topological polar surface area (TPSA) is 117 Å². The zero-order valence-corrected chi connectivity index (χ0v) is 18.5. The second kappa shape index (κ2) is 9.07. The Balaban J connectivity index is 1.62. The van der Waals surface area contributed by atoms with Gasteiger partial charge in [-0.05, 0) is 56.4 Å². The van der Waals surface area contributed by atoms with Gasteiger partial charge in [0, 0.05) is 25.9 Å². The maximum atomic E-state index is 13.5. The van der Waals surface area contributed by atoms with Crippen LogP contribution < -0.4 is 15.4 Å². The molecule has 3 aliphatic rings. The number of hydrogen-bond acceptors (Lipinski definition) is 6. The highest BCUT2D eigenvalue weighted by atomic mass is 16.5. The summed E-state index contributed by atoms with van der Waals surface area (Å²) in [5.74, 6) is -1.29. The Kier molecular flexibility index (Phi) is 6.39. The summed E-state index contributed by atoms with van der Waals surface area (Å²) in [6.07, 6.45) is 2.90. The predicted octanol–water partition coefficient (Wildman–Crippen LogP) is 0.917. The van der Waals surface area contributed by atoms with E-state index in [1.807, 2.05) is 0 Å². The van der Waals surface area contributed by atoms with Gasteiger partial charge in [-0.25, -0.2) is 0 Å². The lowest BCUT2D eigenvalue weighted by molar-refractivity contribution is -0.140. The van der Waals surface area contributed by atoms with Crippen molar-refractivity contribution in [1.82, 2.24) is 10.2 Å². The summed E-state index contributed by atoms with van der Waals surface area (Å²) in [5, 5.41) is 14.7. The number of hydrogen-bond donors (Lipinski definition) is 3. The molecule has 1 aromatic carbocycles. The molecular weight excluding hydrogens is 414 g/mol. The Labute approximate surface area is 187 Å². The van der Waals surface area contributed by atoms with Crippen LogP contribution in [0.25, 0.3) is 0 Å². The number of benzene rings is 1. The van der Waals surface area contributed by atoms with Gasteiger partial charge in [0.15, 0.2) is 0 Å². The van der Waals surface area contributed by atoms with Crippen molar-refractivity contribution in [3.8, 4) is 5.75 Å². The first kappa shape index (κ1) is 22.5. The monoisotopic (exact) mass is 445 g/mol. The summed E-state index contributed by atoms with van der Waals surface area (Å²) >= 11 is 0. The first-order valence-electron chi connectivity index (χ1n) is 11.2. The Hall–Kier alpha value is -2.65. The standard InChI is InChI=1S/C23H31N3O6/c1-24-20(28)17-16-10-11-23(32-16)18(17)22(30)26(12-4-3-5-13-27)19(23)21(29)25-14-6-8-15(31-2)9-7-14/h6-9,16-19,27H,3-5,10-13H2,1-2H3,(H,24,28)(H,25,29)/t16-,17+,18-,19?,23?/m0/s1.